The fourth-order valence-corrected chi connectivity index (χ4v) is 4.94. The van der Waals surface area contributed by atoms with Crippen molar-refractivity contribution in [2.45, 2.75) is 25.2 Å². The summed E-state index contributed by atoms with van der Waals surface area (Å²) in [5.74, 6) is 0.494. The van der Waals surface area contributed by atoms with Gasteiger partial charge in [-0.1, -0.05) is 24.3 Å². The van der Waals surface area contributed by atoms with Gasteiger partial charge in [-0.05, 0) is 49.7 Å². The Balaban J connectivity index is 1.84. The van der Waals surface area contributed by atoms with E-state index in [2.05, 4.69) is 19.9 Å². The number of hydrogen-bond donors (Lipinski definition) is 2. The van der Waals surface area contributed by atoms with Crippen molar-refractivity contribution in [1.82, 2.24) is 19.7 Å². The molecule has 0 fully saturated rings. The smallest absolute Gasteiger partial charge is 0.243 e. The van der Waals surface area contributed by atoms with Crippen molar-refractivity contribution in [2.24, 2.45) is 0 Å². The molecule has 0 aliphatic heterocycles. The highest BCUT2D eigenvalue weighted by Gasteiger charge is 2.32. The molecule has 206 valence electrons. The van der Waals surface area contributed by atoms with Crippen molar-refractivity contribution >= 4 is 16.0 Å². The third-order valence-electron chi connectivity index (χ3n) is 5.91. The maximum absolute atomic E-state index is 13.4. The summed E-state index contributed by atoms with van der Waals surface area (Å²) in [5.41, 5.74) is 0.890. The van der Waals surface area contributed by atoms with Crippen LogP contribution in [0.2, 0.25) is 0 Å². The van der Waals surface area contributed by atoms with Gasteiger partial charge in [0.1, 0.15) is 33.9 Å². The fourth-order valence-electron chi connectivity index (χ4n) is 3.87. The number of para-hydroxylation sites is 1. The molecule has 2 aromatic heterocycles. The Morgan fingerprint density at radius 3 is 2.26 bits per heavy atom. The van der Waals surface area contributed by atoms with E-state index in [0.717, 1.165) is 12.1 Å². The molecule has 0 spiro atoms. The lowest BCUT2D eigenvalue weighted by molar-refractivity contribution is 0.176. The fraction of sp³-hybridized carbons (Fsp3) is 0.269. The maximum Gasteiger partial charge on any atom is 0.243 e. The number of aromatic nitrogens is 4. The standard InChI is InChI=1S/C26H28FN5O6S/c1-5-38-22-11-6-8-19(28-22)25-29-30-26(32(25)23-20(36-3)9-7-10-21(23)37-4)31-39(34,35)16(2)24(33)17-12-14-18(27)15-13-17/h6-16,24,33H,5H2,1-4H3,(H,30,31)/t16-,24+/m1/s1. The van der Waals surface area contributed by atoms with Gasteiger partial charge < -0.3 is 19.3 Å². The maximum atomic E-state index is 13.4. The highest BCUT2D eigenvalue weighted by molar-refractivity contribution is 7.93. The number of sulfonamides is 1. The molecule has 4 aromatic rings. The molecule has 0 radical (unpaired) electrons. The molecular weight excluding hydrogens is 529 g/mol. The lowest BCUT2D eigenvalue weighted by Gasteiger charge is -2.21. The second-order valence-corrected chi connectivity index (χ2v) is 10.4. The summed E-state index contributed by atoms with van der Waals surface area (Å²) in [6, 6.07) is 15.1. The summed E-state index contributed by atoms with van der Waals surface area (Å²) in [5, 5.41) is 17.7. The first-order chi connectivity index (χ1) is 18.7. The first-order valence-electron chi connectivity index (χ1n) is 11.9. The monoisotopic (exact) mass is 557 g/mol. The number of aliphatic hydroxyl groups excluding tert-OH is 1. The molecule has 39 heavy (non-hydrogen) atoms. The number of benzene rings is 2. The predicted molar refractivity (Wildman–Crippen MR) is 142 cm³/mol. The summed E-state index contributed by atoms with van der Waals surface area (Å²) in [7, 11) is -1.35. The van der Waals surface area contributed by atoms with Gasteiger partial charge in [-0.25, -0.2) is 17.8 Å². The molecule has 2 heterocycles. The van der Waals surface area contributed by atoms with E-state index in [1.54, 1.807) is 36.4 Å². The van der Waals surface area contributed by atoms with E-state index in [1.807, 2.05) is 6.92 Å². The Kier molecular flexibility index (Phi) is 8.31. The van der Waals surface area contributed by atoms with E-state index in [1.165, 1.54) is 37.8 Å². The van der Waals surface area contributed by atoms with Gasteiger partial charge in [0.05, 0.1) is 26.9 Å². The number of aliphatic hydroxyl groups is 1. The number of nitrogens with zero attached hydrogens (tertiary/aromatic N) is 4. The minimum absolute atomic E-state index is 0.170. The summed E-state index contributed by atoms with van der Waals surface area (Å²) >= 11 is 0. The Morgan fingerprint density at radius 2 is 1.64 bits per heavy atom. The molecule has 0 bridgehead atoms. The van der Waals surface area contributed by atoms with Gasteiger partial charge in [0.15, 0.2) is 5.82 Å². The van der Waals surface area contributed by atoms with Gasteiger partial charge in [0.25, 0.3) is 0 Å². The van der Waals surface area contributed by atoms with Gasteiger partial charge in [0.2, 0.25) is 21.9 Å². The minimum atomic E-state index is -4.27. The molecule has 4 rings (SSSR count). The van der Waals surface area contributed by atoms with Crippen molar-refractivity contribution in [3.05, 3.63) is 72.0 Å². The van der Waals surface area contributed by atoms with E-state index >= 15 is 0 Å². The third-order valence-corrected chi connectivity index (χ3v) is 7.62. The topological polar surface area (TPSA) is 138 Å². The molecule has 13 heteroatoms. The lowest BCUT2D eigenvalue weighted by atomic mass is 10.1. The Labute approximate surface area is 225 Å². The first-order valence-corrected chi connectivity index (χ1v) is 13.5. The van der Waals surface area contributed by atoms with Crippen LogP contribution >= 0.6 is 0 Å². The largest absolute Gasteiger partial charge is 0.494 e. The molecule has 0 unspecified atom stereocenters. The molecule has 2 atom stereocenters. The summed E-state index contributed by atoms with van der Waals surface area (Å²) in [4.78, 5) is 4.47. The molecule has 0 saturated carbocycles. The predicted octanol–water partition coefficient (Wildman–Crippen LogP) is 3.75. The highest BCUT2D eigenvalue weighted by atomic mass is 32.2. The average molecular weight is 558 g/mol. The second kappa shape index (κ2) is 11.7. The number of methoxy groups -OCH3 is 2. The van der Waals surface area contributed by atoms with E-state index < -0.39 is 27.2 Å². The van der Waals surface area contributed by atoms with Crippen molar-refractivity contribution in [3.8, 4) is 34.6 Å². The van der Waals surface area contributed by atoms with E-state index in [0.29, 0.717) is 35.4 Å². The van der Waals surface area contributed by atoms with E-state index in [9.17, 15) is 17.9 Å². The van der Waals surface area contributed by atoms with E-state index in [-0.39, 0.29) is 17.3 Å². The zero-order chi connectivity index (χ0) is 28.2. The Morgan fingerprint density at radius 1 is 1.00 bits per heavy atom. The summed E-state index contributed by atoms with van der Waals surface area (Å²) in [6.07, 6.45) is -1.45. The molecule has 0 amide bonds. The molecular formula is C26H28FN5O6S. The number of hydrogen-bond acceptors (Lipinski definition) is 9. The van der Waals surface area contributed by atoms with Crippen LogP contribution in [-0.4, -0.2) is 59.3 Å². The molecule has 0 aliphatic carbocycles. The van der Waals surface area contributed by atoms with Gasteiger partial charge in [-0.15, -0.1) is 10.2 Å². The number of ether oxygens (including phenoxy) is 3. The van der Waals surface area contributed by atoms with Crippen molar-refractivity contribution < 1.29 is 32.1 Å². The number of anilines is 1. The lowest BCUT2D eigenvalue weighted by Crippen LogP contribution is -2.32. The number of nitrogens with one attached hydrogen (secondary N) is 1. The van der Waals surface area contributed by atoms with Crippen LogP contribution in [0.4, 0.5) is 10.3 Å². The summed E-state index contributed by atoms with van der Waals surface area (Å²) in [6.45, 7) is 3.54. The van der Waals surface area contributed by atoms with Crippen LogP contribution in [0.1, 0.15) is 25.5 Å². The number of rotatable bonds is 11. The minimum Gasteiger partial charge on any atom is -0.494 e. The normalized spacial score (nSPS) is 13.0. The van der Waals surface area contributed by atoms with Crippen LogP contribution in [0.5, 0.6) is 17.4 Å². The van der Waals surface area contributed by atoms with Crippen molar-refractivity contribution in [2.75, 3.05) is 25.5 Å². The Bertz CT molecular complexity index is 1520. The van der Waals surface area contributed by atoms with Crippen LogP contribution in [0, 0.1) is 5.82 Å². The first kappa shape index (κ1) is 27.8. The SMILES string of the molecule is CCOc1cccc(-c2nnc(NS(=O)(=O)[C@H](C)[C@H](O)c3ccc(F)cc3)n2-c2c(OC)cccc2OC)n1. The van der Waals surface area contributed by atoms with Crippen LogP contribution in [0.15, 0.2) is 60.7 Å². The average Bonchev–Trinajstić information content (AvgIpc) is 3.34. The van der Waals surface area contributed by atoms with Crippen molar-refractivity contribution in [1.29, 1.82) is 0 Å². The Hall–Kier alpha value is -4.23. The number of halogens is 1. The van der Waals surface area contributed by atoms with E-state index in [4.69, 9.17) is 14.2 Å². The zero-order valence-corrected chi connectivity index (χ0v) is 22.5. The molecule has 11 nitrogen and oxygen atoms in total. The van der Waals surface area contributed by atoms with Gasteiger partial charge in [-0.3, -0.25) is 9.29 Å². The quantitative estimate of drug-likeness (QED) is 0.282. The van der Waals surface area contributed by atoms with Crippen LogP contribution in [0.25, 0.3) is 17.2 Å². The van der Waals surface area contributed by atoms with Crippen LogP contribution in [-0.2, 0) is 10.0 Å². The molecule has 0 aliphatic rings. The highest BCUT2D eigenvalue weighted by Crippen LogP contribution is 2.38. The molecule has 0 saturated heterocycles. The number of pyridine rings is 1. The van der Waals surface area contributed by atoms with Crippen molar-refractivity contribution in [3.63, 3.8) is 0 Å². The third kappa shape index (κ3) is 5.78. The second-order valence-electron chi connectivity index (χ2n) is 8.34. The van der Waals surface area contributed by atoms with Crippen LogP contribution in [0.3, 0.4) is 0 Å². The van der Waals surface area contributed by atoms with Gasteiger partial charge in [-0.2, -0.15) is 0 Å². The molecule has 2 aromatic carbocycles. The van der Waals surface area contributed by atoms with Gasteiger partial charge in [0, 0.05) is 6.07 Å². The van der Waals surface area contributed by atoms with Crippen LogP contribution < -0.4 is 18.9 Å². The van der Waals surface area contributed by atoms with Gasteiger partial charge >= 0.3 is 0 Å². The molecule has 2 N–H and O–H groups in total. The summed E-state index contributed by atoms with van der Waals surface area (Å²) < 4.78 is 60.7. The zero-order valence-electron chi connectivity index (χ0n) is 21.7.